The van der Waals surface area contributed by atoms with Gasteiger partial charge in [0.2, 0.25) is 5.91 Å². The highest BCUT2D eigenvalue weighted by molar-refractivity contribution is 5.96. The van der Waals surface area contributed by atoms with E-state index in [9.17, 15) is 14.4 Å². The van der Waals surface area contributed by atoms with E-state index in [4.69, 9.17) is 24.8 Å². The number of fused-ring (bicyclic) bond motifs is 1. The van der Waals surface area contributed by atoms with E-state index in [1.165, 1.54) is 12.0 Å². The number of carbonyl (C=O) groups excluding carboxylic acids is 3. The molecule has 7 aromatic rings. The Kier molecular flexibility index (Phi) is 12.5. The highest BCUT2D eigenvalue weighted by Gasteiger charge is 2.43. The topological polar surface area (TPSA) is 134 Å². The zero-order valence-electron chi connectivity index (χ0n) is 35.2. The lowest BCUT2D eigenvalue weighted by molar-refractivity contribution is -0.157. The molecule has 1 amide bonds. The van der Waals surface area contributed by atoms with Crippen LogP contribution in [0.4, 0.5) is 0 Å². The number of tetrazole rings is 1. The molecule has 5 aromatic carbocycles. The van der Waals surface area contributed by atoms with E-state index in [0.717, 1.165) is 63.3 Å². The molecule has 0 N–H and O–H groups in total. The number of rotatable bonds is 15. The molecule has 0 saturated heterocycles. The number of amides is 1. The lowest BCUT2D eigenvalue weighted by Crippen LogP contribution is -2.45. The predicted octanol–water partition coefficient (Wildman–Crippen LogP) is 7.99. The molecule has 0 bridgehead atoms. The molecule has 8 rings (SSSR count). The average molecular weight is 828 g/mol. The summed E-state index contributed by atoms with van der Waals surface area (Å²) < 4.78 is 14.3. The highest BCUT2D eigenvalue weighted by atomic mass is 16.5. The average Bonchev–Trinajstić information content (AvgIpc) is 3.94. The number of aryl methyl sites for hydroxylation is 1. The van der Waals surface area contributed by atoms with Crippen molar-refractivity contribution in [2.24, 2.45) is 0 Å². The van der Waals surface area contributed by atoms with Gasteiger partial charge in [0.25, 0.3) is 0 Å². The normalized spacial score (nSPS) is 13.7. The second-order valence-corrected chi connectivity index (χ2v) is 15.3. The quantitative estimate of drug-likeness (QED) is 0.0573. The number of methoxy groups -OCH3 is 1. The number of esters is 2. The molecule has 1 aliphatic rings. The van der Waals surface area contributed by atoms with Crippen molar-refractivity contribution < 1.29 is 23.9 Å². The number of hydrogen-bond acceptors (Lipinski definition) is 9. The molecule has 0 radical (unpaired) electrons. The van der Waals surface area contributed by atoms with Gasteiger partial charge in [0, 0.05) is 31.5 Å². The van der Waals surface area contributed by atoms with Gasteiger partial charge in [0.05, 0.1) is 25.1 Å². The van der Waals surface area contributed by atoms with E-state index >= 15 is 0 Å². The third-order valence-electron chi connectivity index (χ3n) is 11.6. The van der Waals surface area contributed by atoms with Crippen molar-refractivity contribution in [1.29, 1.82) is 0 Å². The zero-order valence-corrected chi connectivity index (χ0v) is 35.2. The molecule has 12 nitrogen and oxygen atoms in total. The van der Waals surface area contributed by atoms with E-state index in [0.29, 0.717) is 30.9 Å². The SMILES string of the molecule is CCCCc1nc2c(n1Cc1ccc(-c3ccccc3-c3nnnn3C(c3ccccc3)(c3ccccc3)c3ccccc3)cc1)C(C(=O)OC)N(C(=O)CC(=O)OCC)CC2. The summed E-state index contributed by atoms with van der Waals surface area (Å²) >= 11 is 0. The summed E-state index contributed by atoms with van der Waals surface area (Å²) in [5.74, 6) is -0.273. The molecule has 0 fully saturated rings. The third-order valence-corrected chi connectivity index (χ3v) is 11.6. The lowest BCUT2D eigenvalue weighted by Gasteiger charge is -2.36. The van der Waals surface area contributed by atoms with E-state index in [1.54, 1.807) is 6.92 Å². The Morgan fingerprint density at radius 2 is 1.35 bits per heavy atom. The molecule has 3 heterocycles. The number of nitrogens with zero attached hydrogens (tertiary/aromatic N) is 7. The molecular formula is C50H49N7O5. The molecule has 314 valence electrons. The number of unbranched alkanes of at least 4 members (excludes halogenated alkanes) is 1. The van der Waals surface area contributed by atoms with E-state index in [2.05, 4.69) is 89.5 Å². The zero-order chi connectivity index (χ0) is 43.1. The van der Waals surface area contributed by atoms with Gasteiger partial charge in [-0.3, -0.25) is 9.59 Å². The molecule has 1 atom stereocenters. The van der Waals surface area contributed by atoms with Crippen LogP contribution in [0, 0.1) is 0 Å². The number of aromatic nitrogens is 6. The first kappa shape index (κ1) is 41.5. The van der Waals surface area contributed by atoms with Crippen LogP contribution in [0.3, 0.4) is 0 Å². The molecule has 0 saturated carbocycles. The molecule has 1 unspecified atom stereocenters. The minimum Gasteiger partial charge on any atom is -0.467 e. The standard InChI is InChI=1S/C50H49N7O5/c1-4-6-26-43-51-42-31-32-55(44(58)33-45(59)62-5-2)47(49(60)61-3)46(42)56(43)34-35-27-29-36(30-28-35)40-24-16-17-25-41(40)48-52-53-54-57(48)50(37-18-10-7-11-19-37,38-20-12-8-13-21-38)39-22-14-9-15-23-39/h7-25,27-30,47H,4-6,26,31-34H2,1-3H3. The van der Waals surface area contributed by atoms with Crippen molar-refractivity contribution >= 4 is 17.8 Å². The first-order valence-electron chi connectivity index (χ1n) is 21.1. The summed E-state index contributed by atoms with van der Waals surface area (Å²) in [6, 6.07) is 46.4. The fourth-order valence-electron chi connectivity index (χ4n) is 8.71. The Hall–Kier alpha value is -7.21. The van der Waals surface area contributed by atoms with Crippen molar-refractivity contribution in [3.63, 3.8) is 0 Å². The fourth-order valence-corrected chi connectivity index (χ4v) is 8.71. The van der Waals surface area contributed by atoms with Crippen molar-refractivity contribution in [1.82, 2.24) is 34.7 Å². The predicted molar refractivity (Wildman–Crippen MR) is 235 cm³/mol. The molecule has 1 aliphatic heterocycles. The monoisotopic (exact) mass is 827 g/mol. The van der Waals surface area contributed by atoms with Crippen molar-refractivity contribution in [2.75, 3.05) is 20.3 Å². The van der Waals surface area contributed by atoms with Crippen molar-refractivity contribution in [3.05, 3.63) is 179 Å². The van der Waals surface area contributed by atoms with Gasteiger partial charge in [-0.15, -0.1) is 5.10 Å². The van der Waals surface area contributed by atoms with Gasteiger partial charge in [-0.25, -0.2) is 14.5 Å². The Balaban J connectivity index is 1.18. The van der Waals surface area contributed by atoms with Crippen molar-refractivity contribution in [3.8, 4) is 22.5 Å². The van der Waals surface area contributed by atoms with Gasteiger partial charge in [0.15, 0.2) is 11.9 Å². The summed E-state index contributed by atoms with van der Waals surface area (Å²) in [4.78, 5) is 45.9. The Labute approximate surface area is 361 Å². The molecule has 2 aromatic heterocycles. The number of hydrogen-bond donors (Lipinski definition) is 0. The largest absolute Gasteiger partial charge is 0.467 e. The smallest absolute Gasteiger partial charge is 0.334 e. The molecule has 12 heteroatoms. The van der Waals surface area contributed by atoms with Gasteiger partial charge < -0.3 is 18.9 Å². The molecular weight excluding hydrogens is 779 g/mol. The molecule has 0 aliphatic carbocycles. The first-order valence-corrected chi connectivity index (χ1v) is 21.1. The Bertz CT molecular complexity index is 2550. The maximum absolute atomic E-state index is 13.6. The van der Waals surface area contributed by atoms with Crippen LogP contribution in [0.1, 0.15) is 78.6 Å². The second kappa shape index (κ2) is 18.6. The summed E-state index contributed by atoms with van der Waals surface area (Å²) in [5.41, 5.74) is 7.23. The van der Waals surface area contributed by atoms with Gasteiger partial charge in [-0.2, -0.15) is 0 Å². The van der Waals surface area contributed by atoms with Crippen LogP contribution in [0.5, 0.6) is 0 Å². The van der Waals surface area contributed by atoms with Crippen LogP contribution in [0.2, 0.25) is 0 Å². The summed E-state index contributed by atoms with van der Waals surface area (Å²) in [5, 5.41) is 13.8. The highest BCUT2D eigenvalue weighted by Crippen LogP contribution is 2.43. The summed E-state index contributed by atoms with van der Waals surface area (Å²) in [7, 11) is 1.31. The van der Waals surface area contributed by atoms with Gasteiger partial charge in [-0.05, 0) is 57.2 Å². The Morgan fingerprint density at radius 3 is 1.94 bits per heavy atom. The van der Waals surface area contributed by atoms with Crippen LogP contribution in [0.15, 0.2) is 140 Å². The van der Waals surface area contributed by atoms with Gasteiger partial charge in [0.1, 0.15) is 17.8 Å². The van der Waals surface area contributed by atoms with Gasteiger partial charge in [-0.1, -0.05) is 153 Å². The van der Waals surface area contributed by atoms with Gasteiger partial charge >= 0.3 is 11.9 Å². The minimum atomic E-state index is -1.06. The molecule has 0 spiro atoms. The maximum atomic E-state index is 13.6. The van der Waals surface area contributed by atoms with E-state index in [-0.39, 0.29) is 13.2 Å². The third kappa shape index (κ3) is 7.91. The van der Waals surface area contributed by atoms with Crippen molar-refractivity contribution in [2.45, 2.75) is 64.1 Å². The fraction of sp³-hybridized carbons (Fsp3) is 0.260. The van der Waals surface area contributed by atoms with E-state index < -0.39 is 35.8 Å². The van der Waals surface area contributed by atoms with Crippen LogP contribution in [0.25, 0.3) is 22.5 Å². The maximum Gasteiger partial charge on any atom is 0.334 e. The Morgan fingerprint density at radius 1 is 0.758 bits per heavy atom. The minimum absolute atomic E-state index is 0.158. The number of ether oxygens (including phenoxy) is 2. The number of carbonyl (C=O) groups is 3. The van der Waals surface area contributed by atoms with Crippen LogP contribution >= 0.6 is 0 Å². The summed E-state index contributed by atoms with van der Waals surface area (Å²) in [6.45, 7) is 4.61. The van der Waals surface area contributed by atoms with Crippen LogP contribution in [-0.4, -0.2) is 72.8 Å². The lowest BCUT2D eigenvalue weighted by atomic mass is 9.77. The second-order valence-electron chi connectivity index (χ2n) is 15.3. The summed E-state index contributed by atoms with van der Waals surface area (Å²) in [6.07, 6.45) is 2.54. The number of benzene rings is 5. The first-order chi connectivity index (χ1) is 30.4. The van der Waals surface area contributed by atoms with Crippen LogP contribution < -0.4 is 0 Å². The molecule has 62 heavy (non-hydrogen) atoms. The van der Waals surface area contributed by atoms with Crippen LogP contribution in [-0.2, 0) is 48.8 Å². The number of imidazole rings is 1. The van der Waals surface area contributed by atoms with E-state index in [1.807, 2.05) is 71.4 Å².